The van der Waals surface area contributed by atoms with Gasteiger partial charge in [0.15, 0.2) is 0 Å². The largest absolute Gasteiger partial charge is 0.327 e. The summed E-state index contributed by atoms with van der Waals surface area (Å²) in [5.41, 5.74) is 3.44. The number of nitrogens with zero attached hydrogens (tertiary/aromatic N) is 2. The van der Waals surface area contributed by atoms with Crippen molar-refractivity contribution in [2.24, 2.45) is 0 Å². The van der Waals surface area contributed by atoms with Gasteiger partial charge in [0, 0.05) is 23.5 Å². The van der Waals surface area contributed by atoms with Gasteiger partial charge in [-0.1, -0.05) is 36.8 Å². The van der Waals surface area contributed by atoms with Gasteiger partial charge in [-0.05, 0) is 43.5 Å². The number of rotatable bonds is 5. The summed E-state index contributed by atoms with van der Waals surface area (Å²) in [5, 5.41) is 2.89. The van der Waals surface area contributed by atoms with Crippen molar-refractivity contribution in [3.8, 4) is 11.4 Å². The lowest BCUT2D eigenvalue weighted by Crippen LogP contribution is -2.15. The molecule has 1 amide bonds. The highest BCUT2D eigenvalue weighted by molar-refractivity contribution is 7.92. The highest BCUT2D eigenvalue weighted by Crippen LogP contribution is 2.27. The van der Waals surface area contributed by atoms with Crippen molar-refractivity contribution in [2.75, 3.05) is 16.3 Å². The number of imidazole rings is 1. The standard InChI is InChI=1S/C22H24N4O3S/c1-30(28,29)25-18-13-11-17(12-14-18)23-22(27)20-19-10-6-3-7-15-26(19)21(24-20)16-8-4-2-5-9-16/h2,4-5,8-9,11-14,25H,3,6-7,10,15H2,1H3,(H,23,27). The monoisotopic (exact) mass is 424 g/mol. The Morgan fingerprint density at radius 3 is 2.37 bits per heavy atom. The average Bonchev–Trinajstić information content (AvgIpc) is 2.90. The van der Waals surface area contributed by atoms with Gasteiger partial charge in [-0.3, -0.25) is 9.52 Å². The Bertz CT molecular complexity index is 1150. The van der Waals surface area contributed by atoms with Crippen LogP contribution in [0.1, 0.15) is 35.4 Å². The number of hydrogen-bond acceptors (Lipinski definition) is 4. The Morgan fingerprint density at radius 1 is 0.967 bits per heavy atom. The molecule has 0 unspecified atom stereocenters. The number of carbonyl (C=O) groups is 1. The summed E-state index contributed by atoms with van der Waals surface area (Å²) < 4.78 is 27.3. The maximum absolute atomic E-state index is 13.1. The van der Waals surface area contributed by atoms with Gasteiger partial charge in [0.05, 0.1) is 11.9 Å². The number of hydrogen-bond donors (Lipinski definition) is 2. The topological polar surface area (TPSA) is 93.1 Å². The van der Waals surface area contributed by atoms with E-state index in [1.807, 2.05) is 30.3 Å². The van der Waals surface area contributed by atoms with Crippen molar-refractivity contribution < 1.29 is 13.2 Å². The first-order chi connectivity index (χ1) is 14.4. The number of aromatic nitrogens is 2. The van der Waals surface area contributed by atoms with Gasteiger partial charge >= 0.3 is 0 Å². The van der Waals surface area contributed by atoms with Crippen molar-refractivity contribution in [1.29, 1.82) is 0 Å². The summed E-state index contributed by atoms with van der Waals surface area (Å²) in [6.07, 6.45) is 5.15. The Labute approximate surface area is 176 Å². The average molecular weight is 425 g/mol. The minimum Gasteiger partial charge on any atom is -0.327 e. The van der Waals surface area contributed by atoms with Crippen LogP contribution >= 0.6 is 0 Å². The minimum absolute atomic E-state index is 0.258. The van der Waals surface area contributed by atoms with E-state index < -0.39 is 10.0 Å². The molecule has 0 atom stereocenters. The summed E-state index contributed by atoms with van der Waals surface area (Å²) in [4.78, 5) is 17.8. The quantitative estimate of drug-likeness (QED) is 0.650. The number of benzene rings is 2. The Hall–Kier alpha value is -3.13. The summed E-state index contributed by atoms with van der Waals surface area (Å²) in [6, 6.07) is 16.5. The van der Waals surface area contributed by atoms with Crippen molar-refractivity contribution >= 4 is 27.3 Å². The predicted octanol–water partition coefficient (Wildman–Crippen LogP) is 3.90. The van der Waals surface area contributed by atoms with Gasteiger partial charge in [-0.25, -0.2) is 13.4 Å². The van der Waals surface area contributed by atoms with Crippen LogP contribution in [0.3, 0.4) is 0 Å². The molecule has 30 heavy (non-hydrogen) atoms. The van der Waals surface area contributed by atoms with E-state index in [2.05, 4.69) is 14.6 Å². The van der Waals surface area contributed by atoms with E-state index >= 15 is 0 Å². The van der Waals surface area contributed by atoms with Gasteiger partial charge in [0.2, 0.25) is 10.0 Å². The molecule has 7 nitrogen and oxygen atoms in total. The Balaban J connectivity index is 1.62. The Morgan fingerprint density at radius 2 is 1.67 bits per heavy atom. The molecule has 4 rings (SSSR count). The predicted molar refractivity (Wildman–Crippen MR) is 118 cm³/mol. The fourth-order valence-electron chi connectivity index (χ4n) is 3.74. The van der Waals surface area contributed by atoms with Crippen LogP contribution in [0.4, 0.5) is 11.4 Å². The molecule has 1 aliphatic heterocycles. The van der Waals surface area contributed by atoms with Crippen LogP contribution in [0.25, 0.3) is 11.4 Å². The first kappa shape index (κ1) is 20.2. The zero-order chi connectivity index (χ0) is 21.1. The van der Waals surface area contributed by atoms with Gasteiger partial charge in [-0.15, -0.1) is 0 Å². The van der Waals surface area contributed by atoms with E-state index in [0.717, 1.165) is 55.6 Å². The molecule has 0 spiro atoms. The third-order valence-electron chi connectivity index (χ3n) is 5.06. The minimum atomic E-state index is -3.34. The molecule has 0 saturated heterocycles. The third kappa shape index (κ3) is 4.54. The fourth-order valence-corrected chi connectivity index (χ4v) is 4.30. The van der Waals surface area contributed by atoms with Crippen LogP contribution in [0, 0.1) is 0 Å². The summed E-state index contributed by atoms with van der Waals surface area (Å²) in [7, 11) is -3.34. The molecule has 2 heterocycles. The second-order valence-corrected chi connectivity index (χ2v) is 9.21. The number of anilines is 2. The van der Waals surface area contributed by atoms with Crippen LogP contribution in [-0.2, 0) is 23.0 Å². The molecule has 0 saturated carbocycles. The zero-order valence-corrected chi connectivity index (χ0v) is 17.6. The van der Waals surface area contributed by atoms with Crippen molar-refractivity contribution in [3.05, 3.63) is 66.0 Å². The summed E-state index contributed by atoms with van der Waals surface area (Å²) in [5.74, 6) is 0.567. The highest BCUT2D eigenvalue weighted by atomic mass is 32.2. The van der Waals surface area contributed by atoms with Gasteiger partial charge < -0.3 is 9.88 Å². The number of nitrogens with one attached hydrogen (secondary N) is 2. The van der Waals surface area contributed by atoms with Gasteiger partial charge in [0.1, 0.15) is 11.5 Å². The smallest absolute Gasteiger partial charge is 0.276 e. The normalized spacial score (nSPS) is 13.9. The van der Waals surface area contributed by atoms with Crippen LogP contribution in [0.15, 0.2) is 54.6 Å². The molecule has 156 valence electrons. The van der Waals surface area contributed by atoms with Gasteiger partial charge in [-0.2, -0.15) is 0 Å². The molecule has 0 radical (unpaired) electrons. The fraction of sp³-hybridized carbons (Fsp3) is 0.273. The molecule has 0 aliphatic carbocycles. The van der Waals surface area contributed by atoms with Crippen molar-refractivity contribution in [3.63, 3.8) is 0 Å². The molecular formula is C22H24N4O3S. The van der Waals surface area contributed by atoms with E-state index in [1.54, 1.807) is 24.3 Å². The number of amides is 1. The molecule has 2 N–H and O–H groups in total. The van der Waals surface area contributed by atoms with E-state index in [-0.39, 0.29) is 5.91 Å². The van der Waals surface area contributed by atoms with Crippen LogP contribution in [0.2, 0.25) is 0 Å². The molecule has 8 heteroatoms. The number of fused-ring (bicyclic) bond motifs is 1. The third-order valence-corrected chi connectivity index (χ3v) is 5.67. The van der Waals surface area contributed by atoms with Crippen LogP contribution in [0.5, 0.6) is 0 Å². The maximum Gasteiger partial charge on any atom is 0.276 e. The van der Waals surface area contributed by atoms with E-state index in [9.17, 15) is 13.2 Å². The van der Waals surface area contributed by atoms with E-state index in [0.29, 0.717) is 17.1 Å². The zero-order valence-electron chi connectivity index (χ0n) is 16.8. The maximum atomic E-state index is 13.1. The van der Waals surface area contributed by atoms with Gasteiger partial charge in [0.25, 0.3) is 5.91 Å². The van der Waals surface area contributed by atoms with E-state index in [1.165, 1.54) is 0 Å². The van der Waals surface area contributed by atoms with Crippen LogP contribution < -0.4 is 10.0 Å². The van der Waals surface area contributed by atoms with Crippen molar-refractivity contribution in [2.45, 2.75) is 32.2 Å². The molecule has 0 fully saturated rings. The molecular weight excluding hydrogens is 400 g/mol. The molecule has 2 aromatic carbocycles. The summed E-state index contributed by atoms with van der Waals surface area (Å²) >= 11 is 0. The lowest BCUT2D eigenvalue weighted by Gasteiger charge is -2.09. The SMILES string of the molecule is CS(=O)(=O)Nc1ccc(NC(=O)c2nc(-c3ccccc3)n3c2CCCCC3)cc1. The lowest BCUT2D eigenvalue weighted by molar-refractivity contribution is 0.102. The van der Waals surface area contributed by atoms with Crippen LogP contribution in [-0.4, -0.2) is 30.1 Å². The van der Waals surface area contributed by atoms with E-state index in [4.69, 9.17) is 4.98 Å². The molecule has 3 aromatic rings. The second-order valence-electron chi connectivity index (χ2n) is 7.46. The first-order valence-corrected chi connectivity index (χ1v) is 11.8. The van der Waals surface area contributed by atoms with Crippen molar-refractivity contribution in [1.82, 2.24) is 9.55 Å². The summed E-state index contributed by atoms with van der Waals surface area (Å²) in [6.45, 7) is 0.853. The number of carbonyl (C=O) groups excluding carboxylic acids is 1. The molecule has 1 aliphatic rings. The first-order valence-electron chi connectivity index (χ1n) is 9.95. The lowest BCUT2D eigenvalue weighted by atomic mass is 10.1. The molecule has 1 aromatic heterocycles. The number of sulfonamides is 1. The Kier molecular flexibility index (Phi) is 5.59. The molecule has 0 bridgehead atoms. The second kappa shape index (κ2) is 8.31. The highest BCUT2D eigenvalue weighted by Gasteiger charge is 2.24.